The molecule has 102 valence electrons. The van der Waals surface area contributed by atoms with E-state index in [4.69, 9.17) is 5.73 Å². The lowest BCUT2D eigenvalue weighted by atomic mass is 10.0. The highest BCUT2D eigenvalue weighted by molar-refractivity contribution is 9.10. The van der Waals surface area contributed by atoms with E-state index in [2.05, 4.69) is 53.1 Å². The van der Waals surface area contributed by atoms with Crippen molar-refractivity contribution in [2.24, 2.45) is 5.73 Å². The van der Waals surface area contributed by atoms with Crippen LogP contribution in [0.4, 0.5) is 0 Å². The lowest BCUT2D eigenvalue weighted by molar-refractivity contribution is 0.723. The first-order chi connectivity index (χ1) is 8.90. The van der Waals surface area contributed by atoms with Crippen molar-refractivity contribution < 1.29 is 0 Å². The normalized spacial score (nSPS) is 12.7. The van der Waals surface area contributed by atoms with E-state index in [0.717, 1.165) is 28.0 Å². The van der Waals surface area contributed by atoms with Crippen molar-refractivity contribution in [3.63, 3.8) is 0 Å². The summed E-state index contributed by atoms with van der Waals surface area (Å²) < 4.78 is 3.07. The zero-order valence-electron chi connectivity index (χ0n) is 11.9. The van der Waals surface area contributed by atoms with E-state index in [1.807, 2.05) is 18.5 Å². The molecule has 0 bridgehead atoms. The Hall–Kier alpha value is -1.13. The first-order valence-corrected chi connectivity index (χ1v) is 7.26. The zero-order valence-corrected chi connectivity index (χ0v) is 13.5. The number of benzene rings is 1. The SMILES string of the molecule is Cc1ccc(-n2nc(C)c(Br)c2C)c(CC(C)N)c1. The molecule has 3 nitrogen and oxygen atoms in total. The predicted octanol–water partition coefficient (Wildman–Crippen LogP) is 3.45. The average Bonchev–Trinajstić information content (AvgIpc) is 2.57. The van der Waals surface area contributed by atoms with Gasteiger partial charge >= 0.3 is 0 Å². The van der Waals surface area contributed by atoms with Gasteiger partial charge in [0.05, 0.1) is 21.5 Å². The van der Waals surface area contributed by atoms with Gasteiger partial charge in [-0.15, -0.1) is 0 Å². The molecule has 0 spiro atoms. The van der Waals surface area contributed by atoms with E-state index >= 15 is 0 Å². The summed E-state index contributed by atoms with van der Waals surface area (Å²) in [5.74, 6) is 0. The zero-order chi connectivity index (χ0) is 14.2. The van der Waals surface area contributed by atoms with Crippen LogP contribution >= 0.6 is 15.9 Å². The first-order valence-electron chi connectivity index (χ1n) is 6.47. The molecule has 1 unspecified atom stereocenters. The molecular weight excluding hydrogens is 302 g/mol. The van der Waals surface area contributed by atoms with Gasteiger partial charge in [0.15, 0.2) is 0 Å². The molecule has 19 heavy (non-hydrogen) atoms. The highest BCUT2D eigenvalue weighted by atomic mass is 79.9. The lowest BCUT2D eigenvalue weighted by Crippen LogP contribution is -2.19. The molecule has 1 aromatic heterocycles. The van der Waals surface area contributed by atoms with Gasteiger partial charge in [-0.25, -0.2) is 4.68 Å². The summed E-state index contributed by atoms with van der Waals surface area (Å²) in [6.45, 7) is 8.21. The number of nitrogens with zero attached hydrogens (tertiary/aromatic N) is 2. The van der Waals surface area contributed by atoms with E-state index in [9.17, 15) is 0 Å². The maximum atomic E-state index is 5.96. The molecule has 2 aromatic rings. The molecule has 0 saturated carbocycles. The third kappa shape index (κ3) is 2.90. The van der Waals surface area contributed by atoms with E-state index < -0.39 is 0 Å². The Labute approximate surface area is 122 Å². The molecule has 1 aromatic carbocycles. The van der Waals surface area contributed by atoms with Crippen molar-refractivity contribution in [3.8, 4) is 5.69 Å². The summed E-state index contributed by atoms with van der Waals surface area (Å²) >= 11 is 3.58. The molecule has 1 atom stereocenters. The van der Waals surface area contributed by atoms with Crippen LogP contribution in [0.3, 0.4) is 0 Å². The van der Waals surface area contributed by atoms with Gasteiger partial charge in [-0.05, 0) is 61.7 Å². The highest BCUT2D eigenvalue weighted by Crippen LogP contribution is 2.25. The van der Waals surface area contributed by atoms with Crippen LogP contribution in [0.25, 0.3) is 5.69 Å². The van der Waals surface area contributed by atoms with Crippen LogP contribution in [0.15, 0.2) is 22.7 Å². The molecule has 4 heteroatoms. The Kier molecular flexibility index (Phi) is 4.11. The summed E-state index contributed by atoms with van der Waals surface area (Å²) in [5, 5.41) is 4.61. The van der Waals surface area contributed by atoms with Gasteiger partial charge in [0.1, 0.15) is 0 Å². The predicted molar refractivity (Wildman–Crippen MR) is 82.8 cm³/mol. The minimum Gasteiger partial charge on any atom is -0.328 e. The molecule has 0 amide bonds. The Balaban J connectivity index is 2.57. The number of aromatic nitrogens is 2. The lowest BCUT2D eigenvalue weighted by Gasteiger charge is -2.14. The second kappa shape index (κ2) is 5.47. The van der Waals surface area contributed by atoms with Crippen molar-refractivity contribution in [1.29, 1.82) is 0 Å². The molecule has 2 rings (SSSR count). The van der Waals surface area contributed by atoms with Gasteiger partial charge in [0, 0.05) is 6.04 Å². The van der Waals surface area contributed by atoms with Gasteiger partial charge in [-0.1, -0.05) is 17.7 Å². The van der Waals surface area contributed by atoms with Crippen molar-refractivity contribution >= 4 is 15.9 Å². The molecule has 0 radical (unpaired) electrons. The van der Waals surface area contributed by atoms with Crippen molar-refractivity contribution in [3.05, 3.63) is 45.2 Å². The van der Waals surface area contributed by atoms with Crippen molar-refractivity contribution in [2.75, 3.05) is 0 Å². The molecule has 0 aliphatic rings. The first kappa shape index (κ1) is 14.3. The molecule has 0 fully saturated rings. The number of rotatable bonds is 3. The molecule has 2 N–H and O–H groups in total. The topological polar surface area (TPSA) is 43.8 Å². The van der Waals surface area contributed by atoms with Crippen LogP contribution in [0.5, 0.6) is 0 Å². The van der Waals surface area contributed by atoms with E-state index in [1.54, 1.807) is 0 Å². The number of aryl methyl sites for hydroxylation is 2. The number of nitrogens with two attached hydrogens (primary N) is 1. The Morgan fingerprint density at radius 1 is 1.32 bits per heavy atom. The summed E-state index contributed by atoms with van der Waals surface area (Å²) in [7, 11) is 0. The standard InChI is InChI=1S/C15H20BrN3/c1-9-5-6-14(13(7-9)8-10(2)17)19-12(4)15(16)11(3)18-19/h5-7,10H,8,17H2,1-4H3. The molecule has 0 aliphatic carbocycles. The Morgan fingerprint density at radius 3 is 2.53 bits per heavy atom. The van der Waals surface area contributed by atoms with Crippen molar-refractivity contribution in [2.45, 2.75) is 40.2 Å². The third-order valence-corrected chi connectivity index (χ3v) is 4.36. The molecule has 1 heterocycles. The van der Waals surface area contributed by atoms with Crippen LogP contribution < -0.4 is 5.73 Å². The smallest absolute Gasteiger partial charge is 0.0743 e. The number of hydrogen-bond acceptors (Lipinski definition) is 2. The van der Waals surface area contributed by atoms with Gasteiger partial charge in [0.25, 0.3) is 0 Å². The monoisotopic (exact) mass is 321 g/mol. The second-order valence-electron chi connectivity index (χ2n) is 5.21. The number of halogens is 1. The summed E-state index contributed by atoms with van der Waals surface area (Å²) in [6.07, 6.45) is 0.854. The summed E-state index contributed by atoms with van der Waals surface area (Å²) in [4.78, 5) is 0. The quantitative estimate of drug-likeness (QED) is 0.940. The Bertz CT molecular complexity index is 600. The van der Waals surface area contributed by atoms with E-state index in [-0.39, 0.29) is 6.04 Å². The molecule has 0 saturated heterocycles. The van der Waals surface area contributed by atoms with Crippen LogP contribution in [0, 0.1) is 20.8 Å². The maximum Gasteiger partial charge on any atom is 0.0743 e. The minimum absolute atomic E-state index is 0.140. The van der Waals surface area contributed by atoms with Gasteiger partial charge in [0.2, 0.25) is 0 Å². The average molecular weight is 322 g/mol. The largest absolute Gasteiger partial charge is 0.328 e. The minimum atomic E-state index is 0.140. The highest BCUT2D eigenvalue weighted by Gasteiger charge is 2.14. The fraction of sp³-hybridized carbons (Fsp3) is 0.400. The van der Waals surface area contributed by atoms with Crippen LogP contribution in [-0.4, -0.2) is 15.8 Å². The second-order valence-corrected chi connectivity index (χ2v) is 6.00. The summed E-state index contributed by atoms with van der Waals surface area (Å²) in [6, 6.07) is 6.58. The van der Waals surface area contributed by atoms with Gasteiger partial charge in [-0.3, -0.25) is 0 Å². The van der Waals surface area contributed by atoms with Crippen LogP contribution in [0.2, 0.25) is 0 Å². The van der Waals surface area contributed by atoms with Crippen LogP contribution in [-0.2, 0) is 6.42 Å². The third-order valence-electron chi connectivity index (χ3n) is 3.21. The maximum absolute atomic E-state index is 5.96. The van der Waals surface area contributed by atoms with Crippen LogP contribution in [0.1, 0.15) is 29.4 Å². The van der Waals surface area contributed by atoms with E-state index in [0.29, 0.717) is 0 Å². The summed E-state index contributed by atoms with van der Waals surface area (Å²) in [5.41, 5.74) is 11.7. The molecular formula is C15H20BrN3. The van der Waals surface area contributed by atoms with E-state index in [1.165, 1.54) is 11.1 Å². The number of hydrogen-bond donors (Lipinski definition) is 1. The fourth-order valence-corrected chi connectivity index (χ4v) is 2.54. The van der Waals surface area contributed by atoms with Crippen molar-refractivity contribution in [1.82, 2.24) is 9.78 Å². The van der Waals surface area contributed by atoms with Gasteiger partial charge in [-0.2, -0.15) is 5.10 Å². The van der Waals surface area contributed by atoms with Gasteiger partial charge < -0.3 is 5.73 Å². The Morgan fingerprint density at radius 2 is 2.00 bits per heavy atom. The molecule has 0 aliphatic heterocycles. The fourth-order valence-electron chi connectivity index (χ4n) is 2.29.